The monoisotopic (exact) mass is 516 g/mol. The maximum Gasteiger partial charge on any atom is 0.416 e. The minimum Gasteiger partial charge on any atom is -0.496 e. The van der Waals surface area contributed by atoms with Gasteiger partial charge in [-0.05, 0) is 48.4 Å². The summed E-state index contributed by atoms with van der Waals surface area (Å²) in [7, 11) is 1.56. The molecule has 0 bridgehead atoms. The highest BCUT2D eigenvalue weighted by Gasteiger charge is 2.30. The second kappa shape index (κ2) is 10.0. The Morgan fingerprint density at radius 1 is 0.974 bits per heavy atom. The van der Waals surface area contributed by atoms with Gasteiger partial charge in [-0.25, -0.2) is 9.50 Å². The Balaban J connectivity index is 1.60. The number of hydrogen-bond acceptors (Lipinski definition) is 4. The van der Waals surface area contributed by atoms with Crippen LogP contribution in [0.4, 0.5) is 13.2 Å². The van der Waals surface area contributed by atoms with Crippen molar-refractivity contribution >= 4 is 11.6 Å². The molecule has 192 valence electrons. The molecule has 38 heavy (non-hydrogen) atoms. The highest BCUT2D eigenvalue weighted by Crippen LogP contribution is 2.34. The van der Waals surface area contributed by atoms with E-state index in [4.69, 9.17) is 9.84 Å². The highest BCUT2D eigenvalue weighted by molar-refractivity contribution is 5.95. The zero-order chi connectivity index (χ0) is 26.9. The van der Waals surface area contributed by atoms with Gasteiger partial charge in [-0.1, -0.05) is 54.6 Å². The fourth-order valence-electron chi connectivity index (χ4n) is 4.36. The van der Waals surface area contributed by atoms with Crippen LogP contribution in [0.5, 0.6) is 5.75 Å². The number of fused-ring (bicyclic) bond motifs is 1. The maximum atomic E-state index is 13.3. The standard InChI is InChI=1S/C29H23F3N4O2/c1-18-26(20-10-4-3-5-11-20)27-34-23(16-24(36(27)35-18)22-13-6-7-14-25(22)38-2)28(37)33-17-19-9-8-12-21(15-19)29(30,31)32/h3-16H,17H2,1-2H3,(H,33,37). The lowest BCUT2D eigenvalue weighted by Gasteiger charge is -2.13. The molecule has 5 aromatic rings. The SMILES string of the molecule is COc1ccccc1-c1cc(C(=O)NCc2cccc(C(F)(F)F)c2)nc2c(-c3ccccc3)c(C)nn12. The first kappa shape index (κ1) is 25.0. The Morgan fingerprint density at radius 2 is 1.71 bits per heavy atom. The van der Waals surface area contributed by atoms with Crippen molar-refractivity contribution in [3.05, 3.63) is 107 Å². The lowest BCUT2D eigenvalue weighted by Crippen LogP contribution is -2.24. The van der Waals surface area contributed by atoms with Gasteiger partial charge in [-0.2, -0.15) is 18.3 Å². The predicted molar refractivity (Wildman–Crippen MR) is 138 cm³/mol. The van der Waals surface area contributed by atoms with Gasteiger partial charge in [-0.3, -0.25) is 4.79 Å². The number of carbonyl (C=O) groups excluding carboxylic acids is 1. The van der Waals surface area contributed by atoms with E-state index in [-0.39, 0.29) is 12.2 Å². The molecule has 0 aliphatic carbocycles. The van der Waals surface area contributed by atoms with Gasteiger partial charge in [-0.15, -0.1) is 0 Å². The van der Waals surface area contributed by atoms with Crippen LogP contribution in [0.3, 0.4) is 0 Å². The minimum atomic E-state index is -4.47. The second-order valence-electron chi connectivity index (χ2n) is 8.67. The van der Waals surface area contributed by atoms with Crippen molar-refractivity contribution in [2.75, 3.05) is 7.11 Å². The topological polar surface area (TPSA) is 68.5 Å². The number of carbonyl (C=O) groups is 1. The van der Waals surface area contributed by atoms with Gasteiger partial charge < -0.3 is 10.1 Å². The third kappa shape index (κ3) is 4.82. The lowest BCUT2D eigenvalue weighted by atomic mass is 10.1. The number of benzene rings is 3. The Morgan fingerprint density at radius 3 is 2.45 bits per heavy atom. The molecule has 2 aromatic heterocycles. The number of aromatic nitrogens is 3. The summed E-state index contributed by atoms with van der Waals surface area (Å²) in [6.45, 7) is 1.78. The Bertz CT molecular complexity index is 1630. The number of rotatable bonds is 6. The normalized spacial score (nSPS) is 11.5. The molecular formula is C29H23F3N4O2. The zero-order valence-corrected chi connectivity index (χ0v) is 20.6. The van der Waals surface area contributed by atoms with Crippen molar-refractivity contribution < 1.29 is 22.7 Å². The molecule has 0 spiro atoms. The summed E-state index contributed by atoms with van der Waals surface area (Å²) >= 11 is 0. The van der Waals surface area contributed by atoms with Crippen LogP contribution in [-0.2, 0) is 12.7 Å². The van der Waals surface area contributed by atoms with Gasteiger partial charge in [0.2, 0.25) is 0 Å². The summed E-state index contributed by atoms with van der Waals surface area (Å²) in [6.07, 6.45) is -4.47. The van der Waals surface area contributed by atoms with E-state index < -0.39 is 17.6 Å². The molecule has 6 nitrogen and oxygen atoms in total. The van der Waals surface area contributed by atoms with Crippen LogP contribution in [0.25, 0.3) is 28.0 Å². The van der Waals surface area contributed by atoms with Crippen molar-refractivity contribution in [2.24, 2.45) is 0 Å². The molecule has 3 aromatic carbocycles. The molecule has 0 atom stereocenters. The first-order valence-corrected chi connectivity index (χ1v) is 11.8. The number of halogens is 3. The van der Waals surface area contributed by atoms with Gasteiger partial charge in [0.25, 0.3) is 5.91 Å². The number of amides is 1. The van der Waals surface area contributed by atoms with Crippen molar-refractivity contribution in [1.29, 1.82) is 0 Å². The number of hydrogen-bond donors (Lipinski definition) is 1. The summed E-state index contributed by atoms with van der Waals surface area (Å²) in [5.41, 5.74) is 3.80. The largest absolute Gasteiger partial charge is 0.496 e. The van der Waals surface area contributed by atoms with E-state index >= 15 is 0 Å². The number of nitrogens with one attached hydrogen (secondary N) is 1. The van der Waals surface area contributed by atoms with Crippen molar-refractivity contribution in [3.63, 3.8) is 0 Å². The molecule has 2 heterocycles. The van der Waals surface area contributed by atoms with Crippen LogP contribution in [0.2, 0.25) is 0 Å². The van der Waals surface area contributed by atoms with Crippen LogP contribution in [-0.4, -0.2) is 27.6 Å². The molecule has 9 heteroatoms. The van der Waals surface area contributed by atoms with E-state index in [1.165, 1.54) is 12.1 Å². The number of para-hydroxylation sites is 1. The Kier molecular flexibility index (Phi) is 6.59. The third-order valence-corrected chi connectivity index (χ3v) is 6.15. The van der Waals surface area contributed by atoms with Gasteiger partial charge in [0.05, 0.1) is 24.1 Å². The van der Waals surface area contributed by atoms with Gasteiger partial charge in [0.1, 0.15) is 11.4 Å². The number of aryl methyl sites for hydroxylation is 1. The summed E-state index contributed by atoms with van der Waals surface area (Å²) in [5.74, 6) is 0.0589. The number of nitrogens with zero attached hydrogens (tertiary/aromatic N) is 3. The van der Waals surface area contributed by atoms with Crippen LogP contribution < -0.4 is 10.1 Å². The van der Waals surface area contributed by atoms with Crippen LogP contribution in [0.15, 0.2) is 84.9 Å². The first-order chi connectivity index (χ1) is 18.3. The molecule has 0 saturated heterocycles. The van der Waals surface area contributed by atoms with E-state index in [2.05, 4.69) is 10.3 Å². The smallest absolute Gasteiger partial charge is 0.416 e. The number of ether oxygens (including phenoxy) is 1. The van der Waals surface area contributed by atoms with E-state index in [1.807, 2.05) is 61.5 Å². The van der Waals surface area contributed by atoms with E-state index in [1.54, 1.807) is 17.7 Å². The van der Waals surface area contributed by atoms with Crippen LogP contribution >= 0.6 is 0 Å². The number of alkyl halides is 3. The molecule has 0 aliphatic heterocycles. The predicted octanol–water partition coefficient (Wildman–Crippen LogP) is 6.33. The van der Waals surface area contributed by atoms with Gasteiger partial charge in [0, 0.05) is 17.7 Å². The fourth-order valence-corrected chi connectivity index (χ4v) is 4.36. The Labute approximate surface area is 216 Å². The van der Waals surface area contributed by atoms with Crippen molar-refractivity contribution in [1.82, 2.24) is 19.9 Å². The summed E-state index contributed by atoms with van der Waals surface area (Å²) < 4.78 is 46.6. The number of methoxy groups -OCH3 is 1. The van der Waals surface area contributed by atoms with E-state index in [9.17, 15) is 18.0 Å². The van der Waals surface area contributed by atoms with Crippen LogP contribution in [0, 0.1) is 6.92 Å². The van der Waals surface area contributed by atoms with E-state index in [0.29, 0.717) is 28.2 Å². The second-order valence-corrected chi connectivity index (χ2v) is 8.67. The third-order valence-electron chi connectivity index (χ3n) is 6.15. The fraction of sp³-hybridized carbons (Fsp3) is 0.138. The molecule has 0 aliphatic rings. The average molecular weight is 517 g/mol. The zero-order valence-electron chi connectivity index (χ0n) is 20.6. The first-order valence-electron chi connectivity index (χ1n) is 11.8. The molecule has 0 radical (unpaired) electrons. The lowest BCUT2D eigenvalue weighted by molar-refractivity contribution is -0.137. The average Bonchev–Trinajstić information content (AvgIpc) is 3.27. The molecule has 1 amide bonds. The highest BCUT2D eigenvalue weighted by atomic mass is 19.4. The molecule has 0 saturated carbocycles. The van der Waals surface area contributed by atoms with Gasteiger partial charge in [0.15, 0.2) is 5.65 Å². The molecule has 5 rings (SSSR count). The quantitative estimate of drug-likeness (QED) is 0.286. The molecule has 0 unspecified atom stereocenters. The molecule has 0 fully saturated rings. The van der Waals surface area contributed by atoms with Crippen molar-refractivity contribution in [3.8, 4) is 28.1 Å². The summed E-state index contributed by atoms with van der Waals surface area (Å²) in [4.78, 5) is 17.9. The minimum absolute atomic E-state index is 0.0938. The molecular weight excluding hydrogens is 493 g/mol. The molecule has 1 N–H and O–H groups in total. The summed E-state index contributed by atoms with van der Waals surface area (Å²) in [5, 5.41) is 7.43. The van der Waals surface area contributed by atoms with Crippen LogP contribution in [0.1, 0.15) is 27.3 Å². The van der Waals surface area contributed by atoms with Gasteiger partial charge >= 0.3 is 6.18 Å². The summed E-state index contributed by atoms with van der Waals surface area (Å²) in [6, 6.07) is 23.4. The maximum absolute atomic E-state index is 13.3. The van der Waals surface area contributed by atoms with E-state index in [0.717, 1.165) is 29.0 Å². The Hall–Kier alpha value is -4.66. The van der Waals surface area contributed by atoms with Crippen molar-refractivity contribution in [2.45, 2.75) is 19.6 Å².